The first-order chi connectivity index (χ1) is 9.85. The zero-order valence-corrected chi connectivity index (χ0v) is 12.9. The van der Waals surface area contributed by atoms with Crippen molar-refractivity contribution in [3.05, 3.63) is 29.2 Å². The molecule has 0 radical (unpaired) electrons. The van der Waals surface area contributed by atoms with Gasteiger partial charge in [0.2, 0.25) is 5.89 Å². The molecule has 0 saturated carbocycles. The summed E-state index contributed by atoms with van der Waals surface area (Å²) < 4.78 is 10.7. The molecule has 3 aromatic rings. The largest absolute Gasteiger partial charge is 0.415 e. The summed E-state index contributed by atoms with van der Waals surface area (Å²) >= 11 is 4.61. The van der Waals surface area contributed by atoms with Crippen LogP contribution >= 0.6 is 34.9 Å². The predicted octanol–water partition coefficient (Wildman–Crippen LogP) is 3.34. The van der Waals surface area contributed by atoms with E-state index in [2.05, 4.69) is 20.3 Å². The first-order valence-corrected chi connectivity index (χ1v) is 8.91. The molecule has 0 atom stereocenters. The van der Waals surface area contributed by atoms with Crippen molar-refractivity contribution < 1.29 is 8.94 Å². The molecule has 0 amide bonds. The lowest BCUT2D eigenvalue weighted by Gasteiger charge is -1.89. The average molecular weight is 326 g/mol. The van der Waals surface area contributed by atoms with Crippen molar-refractivity contribution in [1.29, 1.82) is 0 Å². The number of thioether (sulfide) groups is 2. The number of hydrogen-bond donors (Lipinski definition) is 0. The van der Waals surface area contributed by atoms with Gasteiger partial charge < -0.3 is 8.94 Å². The van der Waals surface area contributed by atoms with Crippen LogP contribution in [0.25, 0.3) is 10.8 Å². The third-order valence-electron chi connectivity index (χ3n) is 2.24. The lowest BCUT2D eigenvalue weighted by Crippen LogP contribution is -1.83. The van der Waals surface area contributed by atoms with E-state index in [9.17, 15) is 0 Å². The predicted molar refractivity (Wildman–Crippen MR) is 78.7 cm³/mol. The third-order valence-corrected chi connectivity index (χ3v) is 4.45. The third kappa shape index (κ3) is 3.22. The van der Waals surface area contributed by atoms with Gasteiger partial charge in [0, 0.05) is 0 Å². The number of hydrogen-bond acceptors (Lipinski definition) is 9. The van der Waals surface area contributed by atoms with Gasteiger partial charge in [0.1, 0.15) is 0 Å². The molecule has 0 N–H and O–H groups in total. The Hall–Kier alpha value is -1.32. The van der Waals surface area contributed by atoms with Gasteiger partial charge in [-0.2, -0.15) is 16.7 Å². The van der Waals surface area contributed by atoms with Crippen molar-refractivity contribution >= 4 is 34.9 Å². The topological polar surface area (TPSA) is 77.8 Å². The molecule has 104 valence electrons. The van der Waals surface area contributed by atoms with Crippen LogP contribution in [0.15, 0.2) is 31.7 Å². The summed E-state index contributed by atoms with van der Waals surface area (Å²) in [4.78, 5) is 5.30. The number of rotatable bonds is 6. The smallest absolute Gasteiger partial charge is 0.277 e. The first-order valence-electron chi connectivity index (χ1n) is 5.65. The van der Waals surface area contributed by atoms with Crippen molar-refractivity contribution in [3.63, 3.8) is 0 Å². The van der Waals surface area contributed by atoms with Gasteiger partial charge in [-0.3, -0.25) is 0 Å². The Morgan fingerprint density at radius 1 is 1.30 bits per heavy atom. The second-order valence-electron chi connectivity index (χ2n) is 3.68. The molecule has 0 fully saturated rings. The molecule has 3 rings (SSSR count). The second-order valence-corrected chi connectivity index (χ2v) is 6.42. The van der Waals surface area contributed by atoms with Crippen molar-refractivity contribution in [2.45, 2.75) is 16.7 Å². The fraction of sp³-hybridized carbons (Fsp3) is 0.273. The summed E-state index contributed by atoms with van der Waals surface area (Å²) in [6.07, 6.45) is 1.99. The number of thiophene rings is 1. The molecule has 6 nitrogen and oxygen atoms in total. The lowest BCUT2D eigenvalue weighted by atomic mass is 10.5. The van der Waals surface area contributed by atoms with Gasteiger partial charge in [-0.05, 0) is 17.7 Å². The van der Waals surface area contributed by atoms with Crippen molar-refractivity contribution in [3.8, 4) is 10.8 Å². The van der Waals surface area contributed by atoms with Crippen molar-refractivity contribution in [1.82, 2.24) is 20.3 Å². The maximum atomic E-state index is 5.46. The fourth-order valence-corrected chi connectivity index (χ4v) is 3.05. The van der Waals surface area contributed by atoms with Crippen LogP contribution in [0, 0.1) is 0 Å². The molecule has 20 heavy (non-hydrogen) atoms. The summed E-state index contributed by atoms with van der Waals surface area (Å²) in [5.41, 5.74) is 0. The minimum atomic E-state index is 0.525. The Kier molecular flexibility index (Phi) is 4.38. The Morgan fingerprint density at radius 3 is 3.05 bits per heavy atom. The molecule has 0 saturated heterocycles. The van der Waals surface area contributed by atoms with E-state index >= 15 is 0 Å². The highest BCUT2D eigenvalue weighted by molar-refractivity contribution is 7.98. The van der Waals surface area contributed by atoms with Gasteiger partial charge in [0.25, 0.3) is 11.1 Å². The molecule has 0 spiro atoms. The van der Waals surface area contributed by atoms with Crippen LogP contribution in [0.4, 0.5) is 0 Å². The van der Waals surface area contributed by atoms with E-state index in [4.69, 9.17) is 8.94 Å². The zero-order valence-electron chi connectivity index (χ0n) is 10.5. The van der Waals surface area contributed by atoms with E-state index in [1.807, 2.05) is 23.8 Å². The molecule has 3 heterocycles. The van der Waals surface area contributed by atoms with Crippen LogP contribution in [0.1, 0.15) is 11.7 Å². The van der Waals surface area contributed by atoms with E-state index < -0.39 is 0 Å². The minimum Gasteiger partial charge on any atom is -0.415 e. The normalized spacial score (nSPS) is 11.1. The summed E-state index contributed by atoms with van der Waals surface area (Å²) in [5.74, 6) is 3.05. The van der Waals surface area contributed by atoms with E-state index in [-0.39, 0.29) is 0 Å². The Morgan fingerprint density at radius 2 is 2.25 bits per heavy atom. The molecular weight excluding hydrogens is 316 g/mol. The van der Waals surface area contributed by atoms with Gasteiger partial charge in [-0.15, -0.1) is 21.5 Å². The SMILES string of the molecule is CSCc1nnc(SCc2noc(-c3cccs3)n2)o1. The van der Waals surface area contributed by atoms with Crippen LogP contribution in [0.2, 0.25) is 0 Å². The number of nitrogens with zero attached hydrogens (tertiary/aromatic N) is 4. The fourth-order valence-electron chi connectivity index (χ4n) is 1.42. The number of aromatic nitrogens is 4. The van der Waals surface area contributed by atoms with Crippen LogP contribution in [-0.2, 0) is 11.5 Å². The van der Waals surface area contributed by atoms with Crippen molar-refractivity contribution in [2.75, 3.05) is 6.26 Å². The maximum absolute atomic E-state index is 5.46. The molecule has 0 unspecified atom stereocenters. The molecule has 9 heteroatoms. The molecule has 0 aromatic carbocycles. The molecule has 0 bridgehead atoms. The first kappa shape index (κ1) is 13.7. The quantitative estimate of drug-likeness (QED) is 0.638. The van der Waals surface area contributed by atoms with Crippen LogP contribution in [0.3, 0.4) is 0 Å². The minimum absolute atomic E-state index is 0.525. The van der Waals surface area contributed by atoms with Gasteiger partial charge in [-0.1, -0.05) is 23.0 Å². The van der Waals surface area contributed by atoms with Gasteiger partial charge in [-0.25, -0.2) is 0 Å². The second kappa shape index (κ2) is 6.42. The zero-order chi connectivity index (χ0) is 13.8. The monoisotopic (exact) mass is 326 g/mol. The van der Waals surface area contributed by atoms with E-state index in [1.165, 1.54) is 11.8 Å². The highest BCUT2D eigenvalue weighted by Gasteiger charge is 2.12. The van der Waals surface area contributed by atoms with Crippen LogP contribution in [-0.4, -0.2) is 26.6 Å². The molecular formula is C11H10N4O2S3. The Bertz CT molecular complexity index is 665. The Labute approximate surface area is 127 Å². The van der Waals surface area contributed by atoms with Crippen LogP contribution in [0.5, 0.6) is 0 Å². The Balaban J connectivity index is 1.60. The molecule has 0 aliphatic heterocycles. The van der Waals surface area contributed by atoms with Gasteiger partial charge in [0.15, 0.2) is 5.82 Å². The van der Waals surface area contributed by atoms with Crippen LogP contribution < -0.4 is 0 Å². The highest BCUT2D eigenvalue weighted by Crippen LogP contribution is 2.25. The van der Waals surface area contributed by atoms with Gasteiger partial charge in [0.05, 0.1) is 16.4 Å². The molecule has 0 aliphatic rings. The van der Waals surface area contributed by atoms with Gasteiger partial charge >= 0.3 is 0 Å². The molecule has 3 aromatic heterocycles. The summed E-state index contributed by atoms with van der Waals surface area (Å²) in [6.45, 7) is 0. The van der Waals surface area contributed by atoms with E-state index in [0.29, 0.717) is 28.6 Å². The summed E-state index contributed by atoms with van der Waals surface area (Å²) in [5, 5.41) is 14.3. The van der Waals surface area contributed by atoms with E-state index in [0.717, 1.165) is 10.6 Å². The van der Waals surface area contributed by atoms with Crippen molar-refractivity contribution in [2.24, 2.45) is 0 Å². The average Bonchev–Trinajstić information content (AvgIpc) is 3.18. The summed E-state index contributed by atoms with van der Waals surface area (Å²) in [6, 6.07) is 3.89. The standard InChI is InChI=1S/C11H10N4O2S3/c1-18-6-9-13-14-11(16-9)20-5-8-12-10(17-15-8)7-3-2-4-19-7/h2-4H,5-6H2,1H3. The highest BCUT2D eigenvalue weighted by atomic mass is 32.2. The molecule has 0 aliphatic carbocycles. The maximum Gasteiger partial charge on any atom is 0.277 e. The lowest BCUT2D eigenvalue weighted by molar-refractivity contribution is 0.423. The summed E-state index contributed by atoms with van der Waals surface area (Å²) in [7, 11) is 0. The van der Waals surface area contributed by atoms with E-state index in [1.54, 1.807) is 23.1 Å².